The molecule has 0 aliphatic heterocycles. The maximum absolute atomic E-state index is 11.6. The number of aromatic nitrogens is 4. The van der Waals surface area contributed by atoms with Gasteiger partial charge in [0.2, 0.25) is 0 Å². The average Bonchev–Trinajstić information content (AvgIpc) is 2.75. The van der Waals surface area contributed by atoms with Crippen LogP contribution in [0.3, 0.4) is 0 Å². The summed E-state index contributed by atoms with van der Waals surface area (Å²) in [4.78, 5) is 29.5. The Hall–Kier alpha value is -1.91. The Morgan fingerprint density at radius 1 is 1.63 bits per heavy atom. The number of aromatic amines is 1. The zero-order chi connectivity index (χ0) is 14.0. The van der Waals surface area contributed by atoms with E-state index in [4.69, 9.17) is 10.5 Å². The van der Waals surface area contributed by atoms with Gasteiger partial charge in [-0.1, -0.05) is 0 Å². The van der Waals surface area contributed by atoms with Crippen LogP contribution >= 0.6 is 22.6 Å². The Morgan fingerprint density at radius 2 is 2.37 bits per heavy atom. The van der Waals surface area contributed by atoms with E-state index < -0.39 is 5.97 Å². The van der Waals surface area contributed by atoms with E-state index in [2.05, 4.69) is 15.1 Å². The minimum atomic E-state index is -0.612. The van der Waals surface area contributed by atoms with Gasteiger partial charge in [0, 0.05) is 0 Å². The third-order valence-corrected chi connectivity index (χ3v) is 3.18. The van der Waals surface area contributed by atoms with Gasteiger partial charge in [-0.2, -0.15) is 5.10 Å². The molecular weight excluding hydrogens is 365 g/mol. The van der Waals surface area contributed by atoms with Gasteiger partial charge in [-0.05, 0) is 29.5 Å². The summed E-state index contributed by atoms with van der Waals surface area (Å²) in [6.07, 6.45) is 2.66. The molecule has 8 nitrogen and oxygen atoms in total. The van der Waals surface area contributed by atoms with E-state index in [0.29, 0.717) is 9.39 Å². The first-order valence-corrected chi connectivity index (χ1v) is 6.38. The van der Waals surface area contributed by atoms with Crippen molar-refractivity contribution in [3.63, 3.8) is 0 Å². The number of anilines is 1. The van der Waals surface area contributed by atoms with Crippen molar-refractivity contribution in [1.82, 2.24) is 19.7 Å². The molecule has 19 heavy (non-hydrogen) atoms. The fraction of sp³-hybridized carbons (Fsp3) is 0.200. The fourth-order valence-corrected chi connectivity index (χ4v) is 1.93. The molecule has 0 spiro atoms. The van der Waals surface area contributed by atoms with Crippen molar-refractivity contribution in [1.29, 1.82) is 0 Å². The van der Waals surface area contributed by atoms with Crippen LogP contribution in [0.5, 0.6) is 0 Å². The van der Waals surface area contributed by atoms with Crippen LogP contribution in [0.15, 0.2) is 17.3 Å². The molecule has 2 heterocycles. The summed E-state index contributed by atoms with van der Waals surface area (Å²) in [5, 5.41) is 4.00. The highest BCUT2D eigenvalue weighted by molar-refractivity contribution is 14.1. The molecule has 9 heteroatoms. The van der Waals surface area contributed by atoms with E-state index in [-0.39, 0.29) is 23.5 Å². The lowest BCUT2D eigenvalue weighted by atomic mass is 10.4. The molecule has 2 rings (SSSR count). The number of nitrogen functional groups attached to an aromatic ring is 1. The predicted octanol–water partition coefficient (Wildman–Crippen LogP) is 0.319. The molecule has 3 N–H and O–H groups in total. The van der Waals surface area contributed by atoms with Gasteiger partial charge in [0.25, 0.3) is 5.56 Å². The van der Waals surface area contributed by atoms with Gasteiger partial charge in [0.1, 0.15) is 3.57 Å². The number of nitrogens with two attached hydrogens (primary N) is 1. The lowest BCUT2D eigenvalue weighted by molar-refractivity contribution is 0.0520. The molecule has 0 unspecified atom stereocenters. The molecule has 0 radical (unpaired) electrons. The molecular formula is C10H10IN5O3. The number of halogens is 1. The number of esters is 1. The standard InChI is InChI=1S/C10H10IN5O3/c1-2-19-10(18)7-5(12)3-16(15-7)8-6(11)9(17)14-4-13-8/h3-4H,2,12H2,1H3,(H,13,14,17). The van der Waals surface area contributed by atoms with Gasteiger partial charge in [-0.3, -0.25) is 4.79 Å². The molecule has 0 aliphatic rings. The Kier molecular flexibility index (Phi) is 3.83. The predicted molar refractivity (Wildman–Crippen MR) is 75.1 cm³/mol. The summed E-state index contributed by atoms with van der Waals surface area (Å²) in [6.45, 7) is 1.91. The number of hydrogen-bond donors (Lipinski definition) is 2. The highest BCUT2D eigenvalue weighted by Gasteiger charge is 2.18. The summed E-state index contributed by atoms with van der Waals surface area (Å²) in [7, 11) is 0. The molecule has 0 aromatic carbocycles. The number of ether oxygens (including phenoxy) is 1. The van der Waals surface area contributed by atoms with Gasteiger partial charge < -0.3 is 15.5 Å². The van der Waals surface area contributed by atoms with E-state index >= 15 is 0 Å². The topological polar surface area (TPSA) is 116 Å². The lowest BCUT2D eigenvalue weighted by Gasteiger charge is -2.01. The van der Waals surface area contributed by atoms with Crippen molar-refractivity contribution in [2.45, 2.75) is 6.92 Å². The first kappa shape index (κ1) is 13.5. The van der Waals surface area contributed by atoms with E-state index in [1.54, 1.807) is 6.92 Å². The molecule has 0 bridgehead atoms. The normalized spacial score (nSPS) is 10.4. The largest absolute Gasteiger partial charge is 0.461 e. The van der Waals surface area contributed by atoms with E-state index in [1.807, 2.05) is 22.6 Å². The third-order valence-electron chi connectivity index (χ3n) is 2.21. The zero-order valence-corrected chi connectivity index (χ0v) is 12.0. The number of hydrogen-bond acceptors (Lipinski definition) is 6. The minimum Gasteiger partial charge on any atom is -0.461 e. The second-order valence-electron chi connectivity index (χ2n) is 3.47. The van der Waals surface area contributed by atoms with Crippen LogP contribution < -0.4 is 11.3 Å². The van der Waals surface area contributed by atoms with Crippen molar-refractivity contribution in [2.24, 2.45) is 0 Å². The first-order valence-electron chi connectivity index (χ1n) is 5.30. The van der Waals surface area contributed by atoms with Crippen molar-refractivity contribution in [3.8, 4) is 5.82 Å². The van der Waals surface area contributed by atoms with Gasteiger partial charge in [0.15, 0.2) is 11.5 Å². The van der Waals surface area contributed by atoms with Crippen LogP contribution in [0.2, 0.25) is 0 Å². The van der Waals surface area contributed by atoms with Crippen molar-refractivity contribution < 1.29 is 9.53 Å². The summed E-state index contributed by atoms with van der Waals surface area (Å²) >= 11 is 1.84. The molecule has 0 fully saturated rings. The Morgan fingerprint density at radius 3 is 3.05 bits per heavy atom. The lowest BCUT2D eigenvalue weighted by Crippen LogP contribution is -2.16. The second-order valence-corrected chi connectivity index (χ2v) is 4.55. The molecule has 0 amide bonds. The Labute approximate surface area is 121 Å². The average molecular weight is 375 g/mol. The van der Waals surface area contributed by atoms with E-state index in [0.717, 1.165) is 0 Å². The van der Waals surface area contributed by atoms with Gasteiger partial charge in [-0.25, -0.2) is 14.5 Å². The van der Waals surface area contributed by atoms with Crippen LogP contribution in [0.25, 0.3) is 5.82 Å². The molecule has 0 atom stereocenters. The molecule has 0 aliphatic carbocycles. The summed E-state index contributed by atoms with van der Waals surface area (Å²) in [5.74, 6) is -0.315. The SMILES string of the molecule is CCOC(=O)c1nn(-c2nc[nH]c(=O)c2I)cc1N. The zero-order valence-electron chi connectivity index (χ0n) is 9.88. The smallest absolute Gasteiger partial charge is 0.361 e. The van der Waals surface area contributed by atoms with Crippen LogP contribution in [0.1, 0.15) is 17.4 Å². The van der Waals surface area contributed by atoms with E-state index in [9.17, 15) is 9.59 Å². The van der Waals surface area contributed by atoms with Crippen molar-refractivity contribution >= 4 is 34.2 Å². The molecule has 2 aromatic rings. The Balaban J connectivity index is 2.48. The number of rotatable bonds is 3. The minimum absolute atomic E-state index is 0.000248. The highest BCUT2D eigenvalue weighted by Crippen LogP contribution is 2.15. The molecule has 0 saturated carbocycles. The quantitative estimate of drug-likeness (QED) is 0.590. The maximum Gasteiger partial charge on any atom is 0.361 e. The summed E-state index contributed by atoms with van der Waals surface area (Å²) in [6, 6.07) is 0. The summed E-state index contributed by atoms with van der Waals surface area (Å²) in [5.41, 5.74) is 5.57. The van der Waals surface area contributed by atoms with Gasteiger partial charge >= 0.3 is 5.97 Å². The van der Waals surface area contributed by atoms with Gasteiger partial charge in [0.05, 0.1) is 24.8 Å². The van der Waals surface area contributed by atoms with Crippen molar-refractivity contribution in [2.75, 3.05) is 12.3 Å². The van der Waals surface area contributed by atoms with E-state index in [1.165, 1.54) is 17.2 Å². The number of H-pyrrole nitrogens is 1. The van der Waals surface area contributed by atoms with Crippen LogP contribution in [-0.2, 0) is 4.74 Å². The first-order chi connectivity index (χ1) is 9.04. The number of nitrogens with zero attached hydrogens (tertiary/aromatic N) is 3. The van der Waals surface area contributed by atoms with Gasteiger partial charge in [-0.15, -0.1) is 0 Å². The number of carbonyl (C=O) groups is 1. The maximum atomic E-state index is 11.6. The number of carbonyl (C=O) groups excluding carboxylic acids is 1. The molecule has 0 saturated heterocycles. The van der Waals surface area contributed by atoms with Crippen molar-refractivity contribution in [3.05, 3.63) is 32.1 Å². The number of nitrogens with one attached hydrogen (secondary N) is 1. The molecule has 100 valence electrons. The Bertz CT molecular complexity index is 678. The third kappa shape index (κ3) is 2.59. The highest BCUT2D eigenvalue weighted by atomic mass is 127. The van der Waals surface area contributed by atoms with Crippen LogP contribution in [-0.4, -0.2) is 32.3 Å². The monoisotopic (exact) mass is 375 g/mol. The molecule has 2 aromatic heterocycles. The summed E-state index contributed by atoms with van der Waals surface area (Å²) < 4.78 is 6.45. The fourth-order valence-electron chi connectivity index (χ4n) is 1.39. The van der Waals surface area contributed by atoms with Crippen LogP contribution in [0.4, 0.5) is 5.69 Å². The van der Waals surface area contributed by atoms with Crippen LogP contribution in [0, 0.1) is 3.57 Å². The second kappa shape index (κ2) is 5.38.